The van der Waals surface area contributed by atoms with E-state index < -0.39 is 0 Å². The van der Waals surface area contributed by atoms with Crippen molar-refractivity contribution in [2.24, 2.45) is 0 Å². The lowest BCUT2D eigenvalue weighted by atomic mass is 10.0. The molecule has 0 aliphatic carbocycles. The highest BCUT2D eigenvalue weighted by Crippen LogP contribution is 2.16. The molecular formula is C15H32N2. The Morgan fingerprint density at radius 2 is 1.76 bits per heavy atom. The predicted molar refractivity (Wildman–Crippen MR) is 76.5 cm³/mol. The Labute approximate surface area is 108 Å². The molecule has 1 aliphatic heterocycles. The van der Waals surface area contributed by atoms with E-state index in [1.807, 2.05) is 0 Å². The van der Waals surface area contributed by atoms with E-state index in [0.717, 1.165) is 6.04 Å². The molecule has 2 nitrogen and oxygen atoms in total. The van der Waals surface area contributed by atoms with Gasteiger partial charge in [0.15, 0.2) is 0 Å². The van der Waals surface area contributed by atoms with Gasteiger partial charge in [-0.25, -0.2) is 0 Å². The predicted octanol–water partition coefficient (Wildman–Crippen LogP) is 3.37. The summed E-state index contributed by atoms with van der Waals surface area (Å²) < 4.78 is 0. The molecule has 1 heterocycles. The van der Waals surface area contributed by atoms with Crippen molar-refractivity contribution >= 4 is 0 Å². The minimum Gasteiger partial charge on any atom is -0.301 e. The first-order valence-corrected chi connectivity index (χ1v) is 7.52. The molecule has 0 aromatic rings. The van der Waals surface area contributed by atoms with Gasteiger partial charge in [0.2, 0.25) is 0 Å². The summed E-state index contributed by atoms with van der Waals surface area (Å²) in [4.78, 5) is 5.29. The minimum atomic E-state index is 0.675. The SMILES string of the molecule is CC1CCCCN1CCCN(C(C)C)C(C)C. The van der Waals surface area contributed by atoms with Crippen molar-refractivity contribution in [1.29, 1.82) is 0 Å². The van der Waals surface area contributed by atoms with Gasteiger partial charge in [-0.3, -0.25) is 4.90 Å². The van der Waals surface area contributed by atoms with Crippen molar-refractivity contribution in [3.63, 3.8) is 0 Å². The molecule has 1 atom stereocenters. The Hall–Kier alpha value is -0.0800. The second kappa shape index (κ2) is 7.38. The molecule has 1 aliphatic rings. The van der Waals surface area contributed by atoms with E-state index in [1.165, 1.54) is 45.3 Å². The molecule has 102 valence electrons. The number of hydrogen-bond acceptors (Lipinski definition) is 2. The lowest BCUT2D eigenvalue weighted by molar-refractivity contribution is 0.130. The van der Waals surface area contributed by atoms with Gasteiger partial charge in [-0.15, -0.1) is 0 Å². The number of piperidine rings is 1. The molecule has 1 fully saturated rings. The zero-order valence-electron chi connectivity index (χ0n) is 12.6. The summed E-state index contributed by atoms with van der Waals surface area (Å²) >= 11 is 0. The van der Waals surface area contributed by atoms with Crippen LogP contribution in [-0.2, 0) is 0 Å². The summed E-state index contributed by atoms with van der Waals surface area (Å²) in [7, 11) is 0. The van der Waals surface area contributed by atoms with Crippen molar-refractivity contribution in [1.82, 2.24) is 9.80 Å². The molecule has 1 unspecified atom stereocenters. The molecular weight excluding hydrogens is 208 g/mol. The number of nitrogens with zero attached hydrogens (tertiary/aromatic N) is 2. The molecule has 2 heteroatoms. The second-order valence-electron chi connectivity index (χ2n) is 6.16. The minimum absolute atomic E-state index is 0.675. The third-order valence-corrected chi connectivity index (χ3v) is 4.13. The van der Waals surface area contributed by atoms with Crippen LogP contribution in [0.3, 0.4) is 0 Å². The highest BCUT2D eigenvalue weighted by Gasteiger charge is 2.18. The fraction of sp³-hybridized carbons (Fsp3) is 1.00. The van der Waals surface area contributed by atoms with Gasteiger partial charge in [0.05, 0.1) is 0 Å². The monoisotopic (exact) mass is 240 g/mol. The molecule has 0 aromatic carbocycles. The molecule has 1 rings (SSSR count). The lowest BCUT2D eigenvalue weighted by Crippen LogP contribution is -2.41. The van der Waals surface area contributed by atoms with E-state index in [2.05, 4.69) is 44.4 Å². The van der Waals surface area contributed by atoms with E-state index in [1.54, 1.807) is 0 Å². The maximum Gasteiger partial charge on any atom is 0.00669 e. The Kier molecular flexibility index (Phi) is 6.50. The van der Waals surface area contributed by atoms with Gasteiger partial charge in [-0.1, -0.05) is 6.42 Å². The number of likely N-dealkylation sites (tertiary alicyclic amines) is 1. The molecule has 0 bridgehead atoms. The molecule has 0 N–H and O–H groups in total. The van der Waals surface area contributed by atoms with Crippen LogP contribution in [-0.4, -0.2) is 47.6 Å². The largest absolute Gasteiger partial charge is 0.301 e. The van der Waals surface area contributed by atoms with Crippen molar-refractivity contribution in [2.45, 2.75) is 78.4 Å². The van der Waals surface area contributed by atoms with E-state index >= 15 is 0 Å². The summed E-state index contributed by atoms with van der Waals surface area (Å²) in [5.41, 5.74) is 0. The van der Waals surface area contributed by atoms with Crippen LogP contribution < -0.4 is 0 Å². The molecule has 0 amide bonds. The van der Waals surface area contributed by atoms with Crippen LogP contribution in [0.5, 0.6) is 0 Å². The zero-order valence-corrected chi connectivity index (χ0v) is 12.6. The maximum absolute atomic E-state index is 2.68. The first-order valence-electron chi connectivity index (χ1n) is 7.52. The number of rotatable bonds is 6. The third kappa shape index (κ3) is 4.97. The Morgan fingerprint density at radius 3 is 2.29 bits per heavy atom. The Balaban J connectivity index is 2.25. The van der Waals surface area contributed by atoms with Crippen molar-refractivity contribution < 1.29 is 0 Å². The Bertz CT molecular complexity index is 193. The van der Waals surface area contributed by atoms with Gasteiger partial charge >= 0.3 is 0 Å². The van der Waals surface area contributed by atoms with Gasteiger partial charge in [-0.05, 0) is 73.5 Å². The van der Waals surface area contributed by atoms with Gasteiger partial charge in [0.1, 0.15) is 0 Å². The first-order chi connectivity index (χ1) is 8.02. The summed E-state index contributed by atoms with van der Waals surface area (Å²) in [6.07, 6.45) is 5.56. The highest BCUT2D eigenvalue weighted by atomic mass is 15.2. The molecule has 1 saturated heterocycles. The van der Waals surface area contributed by atoms with Crippen LogP contribution in [0.4, 0.5) is 0 Å². The maximum atomic E-state index is 2.68. The van der Waals surface area contributed by atoms with Crippen LogP contribution in [0.15, 0.2) is 0 Å². The summed E-state index contributed by atoms with van der Waals surface area (Å²) in [6.45, 7) is 15.5. The topological polar surface area (TPSA) is 6.48 Å². The van der Waals surface area contributed by atoms with Crippen LogP contribution >= 0.6 is 0 Å². The summed E-state index contributed by atoms with van der Waals surface area (Å²) in [6, 6.07) is 2.16. The smallest absolute Gasteiger partial charge is 0.00669 e. The van der Waals surface area contributed by atoms with E-state index in [4.69, 9.17) is 0 Å². The Morgan fingerprint density at radius 1 is 1.12 bits per heavy atom. The highest BCUT2D eigenvalue weighted by molar-refractivity contribution is 4.74. The van der Waals surface area contributed by atoms with Crippen LogP contribution in [0.25, 0.3) is 0 Å². The number of hydrogen-bond donors (Lipinski definition) is 0. The summed E-state index contributed by atoms with van der Waals surface area (Å²) in [5.74, 6) is 0. The molecule has 0 aromatic heterocycles. The summed E-state index contributed by atoms with van der Waals surface area (Å²) in [5, 5.41) is 0. The quantitative estimate of drug-likeness (QED) is 0.702. The molecule has 0 saturated carbocycles. The van der Waals surface area contributed by atoms with E-state index in [9.17, 15) is 0 Å². The van der Waals surface area contributed by atoms with Gasteiger partial charge in [-0.2, -0.15) is 0 Å². The fourth-order valence-electron chi connectivity index (χ4n) is 3.06. The standard InChI is InChI=1S/C15H32N2/c1-13(2)17(14(3)4)12-8-11-16-10-7-6-9-15(16)5/h13-15H,6-12H2,1-5H3. The molecule has 0 radical (unpaired) electrons. The van der Waals surface area contributed by atoms with Gasteiger partial charge in [0, 0.05) is 18.1 Å². The fourth-order valence-corrected chi connectivity index (χ4v) is 3.06. The molecule has 17 heavy (non-hydrogen) atoms. The van der Waals surface area contributed by atoms with Crippen LogP contribution in [0.1, 0.15) is 60.3 Å². The first kappa shape index (κ1) is 15.0. The average molecular weight is 240 g/mol. The van der Waals surface area contributed by atoms with Crippen molar-refractivity contribution in [2.75, 3.05) is 19.6 Å². The van der Waals surface area contributed by atoms with E-state index in [0.29, 0.717) is 12.1 Å². The van der Waals surface area contributed by atoms with Crippen molar-refractivity contribution in [3.05, 3.63) is 0 Å². The second-order valence-corrected chi connectivity index (χ2v) is 6.16. The van der Waals surface area contributed by atoms with Crippen LogP contribution in [0.2, 0.25) is 0 Å². The zero-order chi connectivity index (χ0) is 12.8. The average Bonchev–Trinajstić information content (AvgIpc) is 2.25. The van der Waals surface area contributed by atoms with Crippen molar-refractivity contribution in [3.8, 4) is 0 Å². The van der Waals surface area contributed by atoms with Crippen LogP contribution in [0, 0.1) is 0 Å². The van der Waals surface area contributed by atoms with Gasteiger partial charge in [0.25, 0.3) is 0 Å². The third-order valence-electron chi connectivity index (χ3n) is 4.13. The van der Waals surface area contributed by atoms with Gasteiger partial charge < -0.3 is 4.90 Å². The molecule has 0 spiro atoms. The van der Waals surface area contributed by atoms with E-state index in [-0.39, 0.29) is 0 Å². The lowest BCUT2D eigenvalue weighted by Gasteiger charge is -2.35. The normalized spacial score (nSPS) is 22.9.